The fourth-order valence-corrected chi connectivity index (χ4v) is 3.08. The topological polar surface area (TPSA) is 18.5 Å². The highest BCUT2D eigenvalue weighted by atomic mass is 15.3. The van der Waals surface area contributed by atoms with Crippen molar-refractivity contribution in [2.75, 3.05) is 39.8 Å². The SMILES string of the molecule is CN1CC2CNCCN2CC1c1ccccc1. The number of piperazine rings is 2. The Kier molecular flexibility index (Phi) is 3.14. The predicted octanol–water partition coefficient (Wildman–Crippen LogP) is 0.947. The summed E-state index contributed by atoms with van der Waals surface area (Å²) in [5.41, 5.74) is 1.45. The van der Waals surface area contributed by atoms with Crippen LogP contribution in [0.25, 0.3) is 0 Å². The summed E-state index contributed by atoms with van der Waals surface area (Å²) >= 11 is 0. The van der Waals surface area contributed by atoms with Crippen molar-refractivity contribution in [2.24, 2.45) is 0 Å². The molecule has 0 amide bonds. The third-order valence-electron chi connectivity index (χ3n) is 4.09. The summed E-state index contributed by atoms with van der Waals surface area (Å²) in [7, 11) is 2.25. The van der Waals surface area contributed by atoms with Crippen LogP contribution in [0.2, 0.25) is 0 Å². The first kappa shape index (κ1) is 11.2. The zero-order chi connectivity index (χ0) is 11.7. The Hall–Kier alpha value is -0.900. The molecule has 2 aliphatic rings. The molecule has 2 saturated heterocycles. The van der Waals surface area contributed by atoms with Crippen LogP contribution in [-0.4, -0.2) is 55.6 Å². The van der Waals surface area contributed by atoms with E-state index in [2.05, 4.69) is 52.5 Å². The van der Waals surface area contributed by atoms with E-state index in [1.807, 2.05) is 0 Å². The first-order chi connectivity index (χ1) is 8.34. The van der Waals surface area contributed by atoms with Gasteiger partial charge >= 0.3 is 0 Å². The molecule has 3 rings (SSSR count). The van der Waals surface area contributed by atoms with Gasteiger partial charge in [-0.2, -0.15) is 0 Å². The summed E-state index contributed by atoms with van der Waals surface area (Å²) in [5.74, 6) is 0. The van der Waals surface area contributed by atoms with Crippen molar-refractivity contribution in [3.8, 4) is 0 Å². The maximum atomic E-state index is 3.49. The fraction of sp³-hybridized carbons (Fsp3) is 0.571. The zero-order valence-electron chi connectivity index (χ0n) is 10.5. The maximum absolute atomic E-state index is 3.49. The van der Waals surface area contributed by atoms with E-state index in [0.717, 1.165) is 13.1 Å². The van der Waals surface area contributed by atoms with Crippen molar-refractivity contribution in [3.05, 3.63) is 35.9 Å². The van der Waals surface area contributed by atoms with Gasteiger partial charge in [0.1, 0.15) is 0 Å². The number of rotatable bonds is 1. The molecule has 0 spiro atoms. The number of hydrogen-bond acceptors (Lipinski definition) is 3. The molecule has 0 radical (unpaired) electrons. The van der Waals surface area contributed by atoms with Gasteiger partial charge in [-0.05, 0) is 12.6 Å². The molecule has 17 heavy (non-hydrogen) atoms. The highest BCUT2D eigenvalue weighted by Gasteiger charge is 2.33. The third-order valence-corrected chi connectivity index (χ3v) is 4.09. The van der Waals surface area contributed by atoms with Crippen LogP contribution < -0.4 is 5.32 Å². The lowest BCUT2D eigenvalue weighted by atomic mass is 9.99. The second-order valence-corrected chi connectivity index (χ2v) is 5.22. The molecule has 1 aromatic rings. The number of benzene rings is 1. The van der Waals surface area contributed by atoms with Crippen molar-refractivity contribution in [1.29, 1.82) is 0 Å². The molecule has 0 bridgehead atoms. The van der Waals surface area contributed by atoms with Crippen LogP contribution >= 0.6 is 0 Å². The summed E-state index contributed by atoms with van der Waals surface area (Å²) in [5, 5.41) is 3.49. The predicted molar refractivity (Wildman–Crippen MR) is 70.0 cm³/mol. The van der Waals surface area contributed by atoms with Crippen LogP contribution in [0.5, 0.6) is 0 Å². The number of hydrogen-bond donors (Lipinski definition) is 1. The summed E-state index contributed by atoms with van der Waals surface area (Å²) in [4.78, 5) is 5.15. The van der Waals surface area contributed by atoms with E-state index in [9.17, 15) is 0 Å². The van der Waals surface area contributed by atoms with Crippen LogP contribution in [0, 0.1) is 0 Å². The summed E-state index contributed by atoms with van der Waals surface area (Å²) in [6.07, 6.45) is 0. The molecule has 1 aromatic carbocycles. The first-order valence-electron chi connectivity index (χ1n) is 6.54. The minimum absolute atomic E-state index is 0.561. The molecule has 92 valence electrons. The molecule has 3 nitrogen and oxygen atoms in total. The van der Waals surface area contributed by atoms with E-state index >= 15 is 0 Å². The molecule has 2 atom stereocenters. The van der Waals surface area contributed by atoms with Gasteiger partial charge in [-0.3, -0.25) is 9.80 Å². The summed E-state index contributed by atoms with van der Waals surface area (Å²) in [6.45, 7) is 5.83. The van der Waals surface area contributed by atoms with Crippen molar-refractivity contribution >= 4 is 0 Å². The monoisotopic (exact) mass is 231 g/mol. The molecular formula is C14H21N3. The minimum atomic E-state index is 0.561. The lowest BCUT2D eigenvalue weighted by Crippen LogP contribution is -2.61. The van der Waals surface area contributed by atoms with Crippen LogP contribution in [0.1, 0.15) is 11.6 Å². The Labute approximate surface area is 103 Å². The van der Waals surface area contributed by atoms with Gasteiger partial charge in [-0.15, -0.1) is 0 Å². The average Bonchev–Trinajstić information content (AvgIpc) is 2.39. The van der Waals surface area contributed by atoms with Gasteiger partial charge in [0, 0.05) is 44.8 Å². The van der Waals surface area contributed by atoms with Crippen molar-refractivity contribution < 1.29 is 0 Å². The van der Waals surface area contributed by atoms with Crippen LogP contribution in [0.3, 0.4) is 0 Å². The lowest BCUT2D eigenvalue weighted by molar-refractivity contribution is 0.0300. The highest BCUT2D eigenvalue weighted by molar-refractivity contribution is 5.20. The van der Waals surface area contributed by atoms with Crippen molar-refractivity contribution in [1.82, 2.24) is 15.1 Å². The molecule has 2 unspecified atom stereocenters. The smallest absolute Gasteiger partial charge is 0.0472 e. The van der Waals surface area contributed by atoms with Gasteiger partial charge in [0.15, 0.2) is 0 Å². The summed E-state index contributed by atoms with van der Waals surface area (Å²) < 4.78 is 0. The Morgan fingerprint density at radius 2 is 2.00 bits per heavy atom. The van der Waals surface area contributed by atoms with Crippen molar-refractivity contribution in [3.63, 3.8) is 0 Å². The van der Waals surface area contributed by atoms with Gasteiger partial charge in [0.2, 0.25) is 0 Å². The molecular weight excluding hydrogens is 210 g/mol. The molecule has 2 heterocycles. The van der Waals surface area contributed by atoms with E-state index in [0.29, 0.717) is 12.1 Å². The third kappa shape index (κ3) is 2.23. The van der Waals surface area contributed by atoms with Gasteiger partial charge in [0.25, 0.3) is 0 Å². The second-order valence-electron chi connectivity index (χ2n) is 5.22. The van der Waals surface area contributed by atoms with Crippen molar-refractivity contribution in [2.45, 2.75) is 12.1 Å². The Balaban J connectivity index is 1.78. The van der Waals surface area contributed by atoms with E-state index in [1.54, 1.807) is 0 Å². The number of nitrogens with zero attached hydrogens (tertiary/aromatic N) is 2. The Morgan fingerprint density at radius 1 is 1.18 bits per heavy atom. The number of fused-ring (bicyclic) bond motifs is 1. The molecule has 0 saturated carbocycles. The normalized spacial score (nSPS) is 31.1. The van der Waals surface area contributed by atoms with E-state index in [4.69, 9.17) is 0 Å². The molecule has 1 N–H and O–H groups in total. The molecule has 2 fully saturated rings. The first-order valence-corrected chi connectivity index (χ1v) is 6.54. The summed E-state index contributed by atoms with van der Waals surface area (Å²) in [6, 6.07) is 12.2. The number of nitrogens with one attached hydrogen (secondary N) is 1. The zero-order valence-corrected chi connectivity index (χ0v) is 10.5. The van der Waals surface area contributed by atoms with E-state index in [-0.39, 0.29) is 0 Å². The number of likely N-dealkylation sites (N-methyl/N-ethyl adjacent to an activating group) is 1. The van der Waals surface area contributed by atoms with Crippen LogP contribution in [0.15, 0.2) is 30.3 Å². The fourth-order valence-electron chi connectivity index (χ4n) is 3.08. The van der Waals surface area contributed by atoms with Crippen LogP contribution in [-0.2, 0) is 0 Å². The molecule has 0 aromatic heterocycles. The molecule has 3 heteroatoms. The molecule has 0 aliphatic carbocycles. The van der Waals surface area contributed by atoms with Gasteiger partial charge in [0.05, 0.1) is 0 Å². The second kappa shape index (κ2) is 4.77. The van der Waals surface area contributed by atoms with Gasteiger partial charge in [-0.25, -0.2) is 0 Å². The standard InChI is InChI=1S/C14H21N3/c1-16-10-13-9-15-7-8-17(13)11-14(16)12-5-3-2-4-6-12/h2-6,13-15H,7-11H2,1H3. The minimum Gasteiger partial charge on any atom is -0.314 e. The largest absolute Gasteiger partial charge is 0.314 e. The van der Waals surface area contributed by atoms with Gasteiger partial charge < -0.3 is 5.32 Å². The average molecular weight is 231 g/mol. The molecule has 2 aliphatic heterocycles. The maximum Gasteiger partial charge on any atom is 0.0472 e. The Bertz CT molecular complexity index is 365. The lowest BCUT2D eigenvalue weighted by Gasteiger charge is -2.47. The van der Waals surface area contributed by atoms with Crippen LogP contribution in [0.4, 0.5) is 0 Å². The Morgan fingerprint density at radius 3 is 2.82 bits per heavy atom. The van der Waals surface area contributed by atoms with E-state index in [1.165, 1.54) is 25.2 Å². The van der Waals surface area contributed by atoms with E-state index < -0.39 is 0 Å². The quantitative estimate of drug-likeness (QED) is 0.776. The highest BCUT2D eigenvalue weighted by Crippen LogP contribution is 2.26. The van der Waals surface area contributed by atoms with Gasteiger partial charge in [-0.1, -0.05) is 30.3 Å².